The Bertz CT molecular complexity index is 1810. The SMILES string of the molecule is CCCS(=O)(=O)Nc1ccc(F)c(C(=O)c2cn(C[C@](N)(C(=O)O)C(C)CC)c3ncc(-c4ccc(Cl)cc4)cc23)c1F. The number of carbonyl (C=O) groups is 2. The van der Waals surface area contributed by atoms with Crippen molar-refractivity contribution in [2.24, 2.45) is 11.7 Å². The molecule has 0 saturated heterocycles. The Morgan fingerprint density at radius 1 is 1.14 bits per heavy atom. The highest BCUT2D eigenvalue weighted by Gasteiger charge is 2.40. The van der Waals surface area contributed by atoms with Crippen LogP contribution < -0.4 is 10.5 Å². The lowest BCUT2D eigenvalue weighted by atomic mass is 9.84. The van der Waals surface area contributed by atoms with Gasteiger partial charge in [0, 0.05) is 33.9 Å². The van der Waals surface area contributed by atoms with E-state index in [0.29, 0.717) is 22.6 Å². The van der Waals surface area contributed by atoms with Crippen molar-refractivity contribution in [1.82, 2.24) is 9.55 Å². The number of rotatable bonds is 12. The maximum absolute atomic E-state index is 15.6. The number of hydrogen-bond donors (Lipinski definition) is 3. The number of nitrogens with zero attached hydrogens (tertiary/aromatic N) is 2. The summed E-state index contributed by atoms with van der Waals surface area (Å²) in [4.78, 5) is 30.7. The van der Waals surface area contributed by atoms with Crippen LogP contribution in [0, 0.1) is 17.6 Å². The molecule has 43 heavy (non-hydrogen) atoms. The molecule has 0 aliphatic carbocycles. The van der Waals surface area contributed by atoms with Crippen LogP contribution in [0.1, 0.15) is 49.5 Å². The fourth-order valence-electron chi connectivity index (χ4n) is 4.81. The van der Waals surface area contributed by atoms with Gasteiger partial charge in [-0.05, 0) is 48.2 Å². The Balaban J connectivity index is 1.93. The van der Waals surface area contributed by atoms with Crippen LogP contribution in [0.25, 0.3) is 22.2 Å². The fourth-order valence-corrected chi connectivity index (χ4v) is 6.07. The number of ketones is 1. The molecular formula is C30H31ClF2N4O5S. The number of hydrogen-bond acceptors (Lipinski definition) is 6. The largest absolute Gasteiger partial charge is 0.480 e. The molecule has 1 unspecified atom stereocenters. The molecule has 2 atom stereocenters. The quantitative estimate of drug-likeness (QED) is 0.166. The first kappa shape index (κ1) is 32.1. The predicted octanol–water partition coefficient (Wildman–Crippen LogP) is 5.85. The number of carboxylic acid groups (broad SMARTS) is 1. The number of fused-ring (bicyclic) bond motifs is 1. The van der Waals surface area contributed by atoms with E-state index in [1.165, 1.54) is 17.0 Å². The van der Waals surface area contributed by atoms with Crippen LogP contribution in [0.4, 0.5) is 14.5 Å². The molecule has 9 nitrogen and oxygen atoms in total. The van der Waals surface area contributed by atoms with Crippen LogP contribution in [0.5, 0.6) is 0 Å². The molecule has 0 aliphatic rings. The Kier molecular flexibility index (Phi) is 9.24. The topological polar surface area (TPSA) is 144 Å². The summed E-state index contributed by atoms with van der Waals surface area (Å²) in [5.74, 6) is -5.74. The van der Waals surface area contributed by atoms with E-state index in [2.05, 4.69) is 9.71 Å². The lowest BCUT2D eigenvalue weighted by molar-refractivity contribution is -0.146. The van der Waals surface area contributed by atoms with Crippen molar-refractivity contribution in [2.75, 3.05) is 10.5 Å². The van der Waals surface area contributed by atoms with E-state index in [1.54, 1.807) is 51.1 Å². The molecule has 4 rings (SSSR count). The van der Waals surface area contributed by atoms with Crippen LogP contribution in [-0.2, 0) is 21.4 Å². The first-order chi connectivity index (χ1) is 20.2. The molecule has 0 spiro atoms. The van der Waals surface area contributed by atoms with Crippen LogP contribution in [0.2, 0.25) is 5.02 Å². The summed E-state index contributed by atoms with van der Waals surface area (Å²) in [5.41, 5.74) is 4.28. The molecule has 228 valence electrons. The summed E-state index contributed by atoms with van der Waals surface area (Å²) >= 11 is 6.02. The van der Waals surface area contributed by atoms with E-state index >= 15 is 8.78 Å². The van der Waals surface area contributed by atoms with E-state index in [-0.39, 0.29) is 35.3 Å². The number of pyridine rings is 1. The summed E-state index contributed by atoms with van der Waals surface area (Å²) in [7, 11) is -3.95. The first-order valence-electron chi connectivity index (χ1n) is 13.5. The normalized spacial score (nSPS) is 13.9. The monoisotopic (exact) mass is 632 g/mol. The summed E-state index contributed by atoms with van der Waals surface area (Å²) in [5, 5.41) is 10.7. The fraction of sp³-hybridized carbons (Fsp3) is 0.300. The van der Waals surface area contributed by atoms with Crippen molar-refractivity contribution in [1.29, 1.82) is 0 Å². The van der Waals surface area contributed by atoms with Gasteiger partial charge in [-0.1, -0.05) is 50.9 Å². The number of carbonyl (C=O) groups excluding carboxylic acids is 1. The summed E-state index contributed by atoms with van der Waals surface area (Å²) < 4.78 is 58.8. The Labute approximate surface area is 252 Å². The number of aromatic nitrogens is 2. The first-order valence-corrected chi connectivity index (χ1v) is 15.6. The minimum absolute atomic E-state index is 0.168. The zero-order valence-electron chi connectivity index (χ0n) is 23.7. The zero-order chi connectivity index (χ0) is 31.7. The summed E-state index contributed by atoms with van der Waals surface area (Å²) in [6.07, 6.45) is 3.48. The molecule has 0 radical (unpaired) electrons. The summed E-state index contributed by atoms with van der Waals surface area (Å²) in [6, 6.07) is 10.1. The van der Waals surface area contributed by atoms with Gasteiger partial charge in [0.2, 0.25) is 15.8 Å². The molecule has 0 bridgehead atoms. The number of aliphatic carboxylic acids is 1. The van der Waals surface area contributed by atoms with E-state index in [0.717, 1.165) is 12.1 Å². The highest BCUT2D eigenvalue weighted by Crippen LogP contribution is 2.33. The van der Waals surface area contributed by atoms with Gasteiger partial charge < -0.3 is 15.4 Å². The van der Waals surface area contributed by atoms with Crippen molar-refractivity contribution in [3.05, 3.63) is 82.6 Å². The molecule has 2 heterocycles. The van der Waals surface area contributed by atoms with Gasteiger partial charge in [0.25, 0.3) is 0 Å². The second kappa shape index (κ2) is 12.4. The third-order valence-corrected chi connectivity index (χ3v) is 9.24. The lowest BCUT2D eigenvalue weighted by Crippen LogP contribution is -2.56. The van der Waals surface area contributed by atoms with E-state index in [9.17, 15) is 23.1 Å². The molecule has 4 N–H and O–H groups in total. The van der Waals surface area contributed by atoms with Crippen molar-refractivity contribution in [2.45, 2.75) is 45.7 Å². The third-order valence-electron chi connectivity index (χ3n) is 7.51. The minimum Gasteiger partial charge on any atom is -0.480 e. The third kappa shape index (κ3) is 6.41. The van der Waals surface area contributed by atoms with Gasteiger partial charge >= 0.3 is 5.97 Å². The van der Waals surface area contributed by atoms with Crippen molar-refractivity contribution in [3.8, 4) is 11.1 Å². The molecule has 13 heteroatoms. The van der Waals surface area contributed by atoms with Gasteiger partial charge in [-0.25, -0.2) is 22.2 Å². The Morgan fingerprint density at radius 3 is 2.42 bits per heavy atom. The lowest BCUT2D eigenvalue weighted by Gasteiger charge is -2.31. The molecule has 2 aromatic heterocycles. The van der Waals surface area contributed by atoms with Crippen LogP contribution in [-0.4, -0.2) is 46.1 Å². The van der Waals surface area contributed by atoms with Crippen LogP contribution in [0.3, 0.4) is 0 Å². The number of anilines is 1. The molecule has 0 fully saturated rings. The molecule has 0 amide bonds. The number of halogens is 3. The number of sulfonamides is 1. The van der Waals surface area contributed by atoms with E-state index < -0.39 is 56.1 Å². The molecule has 4 aromatic rings. The average molecular weight is 633 g/mol. The maximum atomic E-state index is 15.6. The minimum atomic E-state index is -3.95. The van der Waals surface area contributed by atoms with Gasteiger partial charge in [-0.3, -0.25) is 14.3 Å². The average Bonchev–Trinajstić information content (AvgIpc) is 3.31. The van der Waals surface area contributed by atoms with Crippen molar-refractivity contribution < 1.29 is 31.9 Å². The second-order valence-electron chi connectivity index (χ2n) is 10.5. The number of carboxylic acids is 1. The second-order valence-corrected chi connectivity index (χ2v) is 12.7. The van der Waals surface area contributed by atoms with Crippen molar-refractivity contribution in [3.63, 3.8) is 0 Å². The van der Waals surface area contributed by atoms with Gasteiger partial charge in [-0.2, -0.15) is 0 Å². The number of benzene rings is 2. The van der Waals surface area contributed by atoms with Crippen molar-refractivity contribution >= 4 is 50.1 Å². The molecule has 2 aromatic carbocycles. The van der Waals surface area contributed by atoms with E-state index in [1.807, 2.05) is 0 Å². The number of nitrogens with two attached hydrogens (primary N) is 1. The summed E-state index contributed by atoms with van der Waals surface area (Å²) in [6.45, 7) is 4.81. The van der Waals surface area contributed by atoms with Gasteiger partial charge in [0.15, 0.2) is 5.82 Å². The standard InChI is InChI=1S/C30H31ClF2N4O5S/c1-4-12-43(41,42)36-24-11-10-23(32)25(26(24)33)27(38)22-15-37(16-30(34,29(39)40)17(3)5-2)28-21(22)13-19(14-35-28)18-6-8-20(31)9-7-18/h6-11,13-15,17,36H,4-5,12,16,34H2,1-3H3,(H,39,40)/t17?,30-/m1/s1. The molecule has 0 saturated carbocycles. The van der Waals surface area contributed by atoms with Gasteiger partial charge in [0.1, 0.15) is 17.0 Å². The number of nitrogens with one attached hydrogen (secondary N) is 1. The highest BCUT2D eigenvalue weighted by molar-refractivity contribution is 7.92. The van der Waals surface area contributed by atoms with Gasteiger partial charge in [0.05, 0.1) is 23.5 Å². The predicted molar refractivity (Wildman–Crippen MR) is 162 cm³/mol. The van der Waals surface area contributed by atoms with Crippen LogP contribution in [0.15, 0.2) is 54.9 Å². The van der Waals surface area contributed by atoms with Crippen LogP contribution >= 0.6 is 11.6 Å². The maximum Gasteiger partial charge on any atom is 0.325 e. The highest BCUT2D eigenvalue weighted by atomic mass is 35.5. The van der Waals surface area contributed by atoms with Gasteiger partial charge in [-0.15, -0.1) is 0 Å². The Hall–Kier alpha value is -3.87. The molecular weight excluding hydrogens is 602 g/mol. The Morgan fingerprint density at radius 2 is 1.81 bits per heavy atom. The zero-order valence-corrected chi connectivity index (χ0v) is 25.3. The van der Waals surface area contributed by atoms with E-state index in [4.69, 9.17) is 17.3 Å². The molecule has 0 aliphatic heterocycles. The smallest absolute Gasteiger partial charge is 0.325 e.